The number of piperazine rings is 1. The number of rotatable bonds is 2. The van der Waals surface area contributed by atoms with E-state index in [1.807, 2.05) is 11.0 Å². The minimum absolute atomic E-state index is 0.0290. The largest absolute Gasteiger partial charge is 0.398 e. The van der Waals surface area contributed by atoms with E-state index < -0.39 is 0 Å². The average Bonchev–Trinajstić information content (AvgIpc) is 2.55. The summed E-state index contributed by atoms with van der Waals surface area (Å²) >= 11 is 3.35. The smallest absolute Gasteiger partial charge is 0.256 e. The molecule has 2 heterocycles. The van der Waals surface area contributed by atoms with Crippen LogP contribution in [0.3, 0.4) is 0 Å². The van der Waals surface area contributed by atoms with Crippen molar-refractivity contribution in [3.63, 3.8) is 0 Å². The zero-order valence-electron chi connectivity index (χ0n) is 11.9. The van der Waals surface area contributed by atoms with Gasteiger partial charge in [-0.2, -0.15) is 0 Å². The van der Waals surface area contributed by atoms with Crippen molar-refractivity contribution in [3.8, 4) is 0 Å². The van der Waals surface area contributed by atoms with Crippen LogP contribution in [0.25, 0.3) is 0 Å². The van der Waals surface area contributed by atoms with Crippen LogP contribution in [0.15, 0.2) is 41.1 Å². The second-order valence-electron chi connectivity index (χ2n) is 5.06. The lowest BCUT2D eigenvalue weighted by Gasteiger charge is -2.34. The highest BCUT2D eigenvalue weighted by molar-refractivity contribution is 9.10. The summed E-state index contributed by atoms with van der Waals surface area (Å²) in [5, 5.41) is 0. The number of carbonyl (C=O) groups excluding carboxylic acids is 1. The third-order valence-electron chi connectivity index (χ3n) is 3.65. The van der Waals surface area contributed by atoms with Crippen LogP contribution in [0, 0.1) is 0 Å². The topological polar surface area (TPSA) is 75.4 Å². The van der Waals surface area contributed by atoms with Crippen LogP contribution in [0.1, 0.15) is 10.4 Å². The molecule has 2 N–H and O–H groups in total. The van der Waals surface area contributed by atoms with Crippen LogP contribution >= 0.6 is 15.9 Å². The summed E-state index contributed by atoms with van der Waals surface area (Å²) < 4.78 is 0.868. The molecular formula is C15H16BrN5O. The number of amides is 1. The summed E-state index contributed by atoms with van der Waals surface area (Å²) in [5.41, 5.74) is 6.98. The molecule has 1 aliphatic heterocycles. The van der Waals surface area contributed by atoms with Gasteiger partial charge in [-0.25, -0.2) is 9.97 Å². The van der Waals surface area contributed by atoms with E-state index in [1.54, 1.807) is 30.6 Å². The zero-order valence-corrected chi connectivity index (χ0v) is 13.5. The normalized spacial score (nSPS) is 15.0. The molecule has 1 saturated heterocycles. The van der Waals surface area contributed by atoms with Gasteiger partial charge in [0.25, 0.3) is 5.91 Å². The van der Waals surface area contributed by atoms with E-state index in [2.05, 4.69) is 30.8 Å². The van der Waals surface area contributed by atoms with Gasteiger partial charge in [0.05, 0.1) is 5.56 Å². The first kappa shape index (κ1) is 14.8. The number of nitrogen functional groups attached to an aromatic ring is 1. The van der Waals surface area contributed by atoms with E-state index >= 15 is 0 Å². The van der Waals surface area contributed by atoms with Crippen molar-refractivity contribution in [2.45, 2.75) is 0 Å². The summed E-state index contributed by atoms with van der Waals surface area (Å²) in [6.07, 6.45) is 3.45. The van der Waals surface area contributed by atoms with E-state index in [-0.39, 0.29) is 5.91 Å². The van der Waals surface area contributed by atoms with Gasteiger partial charge in [-0.05, 0) is 24.3 Å². The Morgan fingerprint density at radius 3 is 2.45 bits per heavy atom. The standard InChI is InChI=1S/C15H16BrN5O/c16-11-2-3-12(13(17)10-11)14(22)20-6-8-21(9-7-20)15-18-4-1-5-19-15/h1-5,10H,6-9,17H2. The third kappa shape index (κ3) is 3.04. The monoisotopic (exact) mass is 361 g/mol. The Morgan fingerprint density at radius 2 is 1.82 bits per heavy atom. The van der Waals surface area contributed by atoms with E-state index in [1.165, 1.54) is 0 Å². The summed E-state index contributed by atoms with van der Waals surface area (Å²) in [6.45, 7) is 2.69. The molecule has 1 amide bonds. The van der Waals surface area contributed by atoms with Crippen LogP contribution in [-0.2, 0) is 0 Å². The third-order valence-corrected chi connectivity index (χ3v) is 4.14. The Balaban J connectivity index is 1.67. The quantitative estimate of drug-likeness (QED) is 0.825. The van der Waals surface area contributed by atoms with Gasteiger partial charge in [-0.1, -0.05) is 15.9 Å². The van der Waals surface area contributed by atoms with Crippen LogP contribution in [0.5, 0.6) is 0 Å². The van der Waals surface area contributed by atoms with E-state index in [9.17, 15) is 4.79 Å². The van der Waals surface area contributed by atoms with Gasteiger partial charge in [-0.3, -0.25) is 4.79 Å². The van der Waals surface area contributed by atoms with E-state index in [4.69, 9.17) is 5.73 Å². The maximum atomic E-state index is 12.6. The molecule has 0 spiro atoms. The summed E-state index contributed by atoms with van der Waals surface area (Å²) in [4.78, 5) is 24.9. The fourth-order valence-electron chi connectivity index (χ4n) is 2.46. The number of hydrogen-bond acceptors (Lipinski definition) is 5. The fourth-order valence-corrected chi connectivity index (χ4v) is 2.84. The first-order valence-corrected chi connectivity index (χ1v) is 7.81. The average molecular weight is 362 g/mol. The van der Waals surface area contributed by atoms with Crippen LogP contribution < -0.4 is 10.6 Å². The zero-order chi connectivity index (χ0) is 15.5. The van der Waals surface area contributed by atoms with Crippen molar-refractivity contribution in [1.82, 2.24) is 14.9 Å². The van der Waals surface area contributed by atoms with Crippen LogP contribution in [-0.4, -0.2) is 47.0 Å². The Labute approximate surface area is 137 Å². The number of anilines is 2. The van der Waals surface area contributed by atoms with Gasteiger partial charge >= 0.3 is 0 Å². The van der Waals surface area contributed by atoms with Gasteiger partial charge in [0, 0.05) is 48.7 Å². The van der Waals surface area contributed by atoms with Gasteiger partial charge in [0.15, 0.2) is 0 Å². The Kier molecular flexibility index (Phi) is 4.24. The minimum Gasteiger partial charge on any atom is -0.398 e. The molecule has 0 saturated carbocycles. The van der Waals surface area contributed by atoms with Gasteiger partial charge < -0.3 is 15.5 Å². The van der Waals surface area contributed by atoms with Crippen molar-refractivity contribution in [2.24, 2.45) is 0 Å². The highest BCUT2D eigenvalue weighted by Gasteiger charge is 2.24. The molecule has 1 fully saturated rings. The molecule has 7 heteroatoms. The van der Waals surface area contributed by atoms with E-state index in [0.29, 0.717) is 43.4 Å². The molecule has 0 unspecified atom stereocenters. The number of nitrogens with zero attached hydrogens (tertiary/aromatic N) is 4. The lowest BCUT2D eigenvalue weighted by molar-refractivity contribution is 0.0747. The first-order chi connectivity index (χ1) is 10.6. The molecular weight excluding hydrogens is 346 g/mol. The molecule has 0 radical (unpaired) electrons. The van der Waals surface area contributed by atoms with Gasteiger partial charge in [0.1, 0.15) is 0 Å². The molecule has 22 heavy (non-hydrogen) atoms. The van der Waals surface area contributed by atoms with E-state index in [0.717, 1.165) is 4.47 Å². The second-order valence-corrected chi connectivity index (χ2v) is 5.98. The predicted octanol–water partition coefficient (Wildman–Crippen LogP) is 1.78. The Bertz CT molecular complexity index is 671. The van der Waals surface area contributed by atoms with Crippen molar-refractivity contribution in [3.05, 3.63) is 46.7 Å². The number of hydrogen-bond donors (Lipinski definition) is 1. The second kappa shape index (κ2) is 6.31. The molecule has 1 aromatic carbocycles. The van der Waals surface area contributed by atoms with Crippen LogP contribution in [0.4, 0.5) is 11.6 Å². The fraction of sp³-hybridized carbons (Fsp3) is 0.267. The lowest BCUT2D eigenvalue weighted by Crippen LogP contribution is -2.49. The summed E-state index contributed by atoms with van der Waals surface area (Å²) in [7, 11) is 0. The molecule has 1 aliphatic rings. The molecule has 114 valence electrons. The highest BCUT2D eigenvalue weighted by Crippen LogP contribution is 2.21. The first-order valence-electron chi connectivity index (χ1n) is 7.01. The number of nitrogens with two attached hydrogens (primary N) is 1. The maximum absolute atomic E-state index is 12.6. The SMILES string of the molecule is Nc1cc(Br)ccc1C(=O)N1CCN(c2ncccn2)CC1. The number of benzene rings is 1. The molecule has 2 aromatic rings. The molecule has 0 aliphatic carbocycles. The number of aromatic nitrogens is 2. The van der Waals surface area contributed by atoms with Crippen molar-refractivity contribution >= 4 is 33.5 Å². The predicted molar refractivity (Wildman–Crippen MR) is 88.7 cm³/mol. The molecule has 1 aromatic heterocycles. The van der Waals surface area contributed by atoms with Gasteiger partial charge in [-0.15, -0.1) is 0 Å². The van der Waals surface area contributed by atoms with Crippen LogP contribution in [0.2, 0.25) is 0 Å². The van der Waals surface area contributed by atoms with Crippen molar-refractivity contribution in [2.75, 3.05) is 36.8 Å². The van der Waals surface area contributed by atoms with Crippen molar-refractivity contribution < 1.29 is 4.79 Å². The van der Waals surface area contributed by atoms with Gasteiger partial charge in [0.2, 0.25) is 5.95 Å². The summed E-state index contributed by atoms with van der Waals surface area (Å²) in [5.74, 6) is 0.677. The number of halogens is 1. The summed E-state index contributed by atoms with van der Waals surface area (Å²) in [6, 6.07) is 7.13. The highest BCUT2D eigenvalue weighted by atomic mass is 79.9. The molecule has 0 atom stereocenters. The Hall–Kier alpha value is -2.15. The Morgan fingerprint density at radius 1 is 1.14 bits per heavy atom. The minimum atomic E-state index is -0.0290. The molecule has 6 nitrogen and oxygen atoms in total. The molecule has 0 bridgehead atoms. The molecule has 3 rings (SSSR count). The van der Waals surface area contributed by atoms with Crippen molar-refractivity contribution in [1.29, 1.82) is 0 Å². The number of carbonyl (C=O) groups is 1. The maximum Gasteiger partial charge on any atom is 0.256 e. The lowest BCUT2D eigenvalue weighted by atomic mass is 10.1.